The lowest BCUT2D eigenvalue weighted by Gasteiger charge is -2.27. The van der Waals surface area contributed by atoms with Gasteiger partial charge in [0.1, 0.15) is 11.8 Å². The standard InChI is InChI=1S/C18H29N3O5/c1-10(2)16(12(5)22)20-17(25)14-7-6-8-21(14)18(26)13(9-15(23)24)19-11(3)4/h10-11,14,16H,6-9H2,1-5H3,(H,20,25)(H,23,24)/b19-13-/t14-,16-/m0/s1. The molecular formula is C18H29N3O5. The summed E-state index contributed by atoms with van der Waals surface area (Å²) in [5.74, 6) is -2.26. The Kier molecular flexibility index (Phi) is 7.92. The summed E-state index contributed by atoms with van der Waals surface area (Å²) in [6.07, 6.45) is 0.629. The molecule has 2 atom stereocenters. The number of hydrogen-bond acceptors (Lipinski definition) is 5. The van der Waals surface area contributed by atoms with Crippen LogP contribution in [-0.4, -0.2) is 64.0 Å². The van der Waals surface area contributed by atoms with Crippen LogP contribution in [0.15, 0.2) is 4.99 Å². The van der Waals surface area contributed by atoms with Crippen molar-refractivity contribution >= 4 is 29.3 Å². The second kappa shape index (κ2) is 9.45. The summed E-state index contributed by atoms with van der Waals surface area (Å²) < 4.78 is 0. The number of carboxylic acids is 1. The number of nitrogens with one attached hydrogen (secondary N) is 1. The van der Waals surface area contributed by atoms with Crippen LogP contribution in [0.2, 0.25) is 0 Å². The average molecular weight is 367 g/mol. The number of likely N-dealkylation sites (tertiary alicyclic amines) is 1. The molecule has 0 aromatic heterocycles. The van der Waals surface area contributed by atoms with Gasteiger partial charge in [-0.25, -0.2) is 0 Å². The number of carboxylic acid groups (broad SMARTS) is 1. The number of ketones is 1. The van der Waals surface area contributed by atoms with Crippen molar-refractivity contribution in [3.8, 4) is 0 Å². The molecule has 0 radical (unpaired) electrons. The normalized spacial score (nSPS) is 19.0. The topological polar surface area (TPSA) is 116 Å². The number of amides is 2. The minimum atomic E-state index is -1.14. The highest BCUT2D eigenvalue weighted by Crippen LogP contribution is 2.19. The molecule has 0 aliphatic carbocycles. The molecule has 0 unspecified atom stereocenters. The van der Waals surface area contributed by atoms with E-state index >= 15 is 0 Å². The van der Waals surface area contributed by atoms with E-state index in [1.54, 1.807) is 13.8 Å². The number of rotatable bonds is 8. The van der Waals surface area contributed by atoms with E-state index in [1.165, 1.54) is 11.8 Å². The zero-order valence-electron chi connectivity index (χ0n) is 16.1. The smallest absolute Gasteiger partial charge is 0.309 e. The second-order valence-corrected chi connectivity index (χ2v) is 7.24. The van der Waals surface area contributed by atoms with Crippen LogP contribution in [0.25, 0.3) is 0 Å². The van der Waals surface area contributed by atoms with E-state index in [0.717, 1.165) is 0 Å². The Hall–Kier alpha value is -2.25. The molecule has 0 bridgehead atoms. The first-order valence-corrected chi connectivity index (χ1v) is 8.94. The summed E-state index contributed by atoms with van der Waals surface area (Å²) >= 11 is 0. The van der Waals surface area contributed by atoms with Crippen molar-refractivity contribution in [1.29, 1.82) is 0 Å². The van der Waals surface area contributed by atoms with Crippen molar-refractivity contribution < 1.29 is 24.3 Å². The molecule has 1 heterocycles. The number of Topliss-reactive ketones (excluding diaryl/α,β-unsaturated/α-hetero) is 1. The molecule has 0 aromatic carbocycles. The van der Waals surface area contributed by atoms with E-state index in [9.17, 15) is 19.2 Å². The third kappa shape index (κ3) is 5.93. The van der Waals surface area contributed by atoms with Crippen LogP contribution in [-0.2, 0) is 19.2 Å². The third-order valence-electron chi connectivity index (χ3n) is 4.20. The van der Waals surface area contributed by atoms with E-state index in [1.807, 2.05) is 13.8 Å². The van der Waals surface area contributed by atoms with Crippen LogP contribution in [0.3, 0.4) is 0 Å². The highest BCUT2D eigenvalue weighted by molar-refractivity contribution is 6.41. The van der Waals surface area contributed by atoms with Crippen LogP contribution < -0.4 is 5.32 Å². The first-order valence-electron chi connectivity index (χ1n) is 8.94. The van der Waals surface area contributed by atoms with Gasteiger partial charge < -0.3 is 15.3 Å². The maximum atomic E-state index is 12.8. The van der Waals surface area contributed by atoms with Crippen molar-refractivity contribution in [2.45, 2.75) is 72.0 Å². The molecule has 1 aliphatic heterocycles. The largest absolute Gasteiger partial charge is 0.481 e. The average Bonchev–Trinajstić information content (AvgIpc) is 2.98. The van der Waals surface area contributed by atoms with Crippen LogP contribution in [0.1, 0.15) is 53.9 Å². The van der Waals surface area contributed by atoms with Gasteiger partial charge in [-0.2, -0.15) is 0 Å². The Morgan fingerprint density at radius 3 is 2.27 bits per heavy atom. The van der Waals surface area contributed by atoms with Crippen LogP contribution >= 0.6 is 0 Å². The lowest BCUT2D eigenvalue weighted by atomic mass is 10.00. The van der Waals surface area contributed by atoms with Crippen molar-refractivity contribution in [3.63, 3.8) is 0 Å². The molecule has 0 saturated carbocycles. The van der Waals surface area contributed by atoms with Gasteiger partial charge in [0.2, 0.25) is 5.91 Å². The summed E-state index contributed by atoms with van der Waals surface area (Å²) in [5.41, 5.74) is -0.0563. The second-order valence-electron chi connectivity index (χ2n) is 7.24. The van der Waals surface area contributed by atoms with Gasteiger partial charge in [-0.1, -0.05) is 13.8 Å². The third-order valence-corrected chi connectivity index (χ3v) is 4.20. The molecule has 26 heavy (non-hydrogen) atoms. The van der Waals surface area contributed by atoms with Crippen LogP contribution in [0, 0.1) is 5.92 Å². The maximum absolute atomic E-state index is 12.8. The minimum Gasteiger partial charge on any atom is -0.481 e. The Morgan fingerprint density at radius 1 is 1.19 bits per heavy atom. The fourth-order valence-corrected chi connectivity index (χ4v) is 3.07. The van der Waals surface area contributed by atoms with E-state index in [2.05, 4.69) is 10.3 Å². The first-order chi connectivity index (χ1) is 12.0. The number of carbonyl (C=O) groups is 4. The Bertz CT molecular complexity index is 598. The van der Waals surface area contributed by atoms with E-state index in [-0.39, 0.29) is 29.4 Å². The molecular weight excluding hydrogens is 338 g/mol. The molecule has 1 fully saturated rings. The fourth-order valence-electron chi connectivity index (χ4n) is 3.07. The Balaban J connectivity index is 2.97. The van der Waals surface area contributed by atoms with Crippen LogP contribution in [0.4, 0.5) is 0 Å². The van der Waals surface area contributed by atoms with Gasteiger partial charge >= 0.3 is 5.97 Å². The van der Waals surface area contributed by atoms with Gasteiger partial charge in [0.15, 0.2) is 5.78 Å². The predicted molar refractivity (Wildman–Crippen MR) is 97.0 cm³/mol. The van der Waals surface area contributed by atoms with Crippen molar-refractivity contribution in [2.24, 2.45) is 10.9 Å². The van der Waals surface area contributed by atoms with Gasteiger partial charge in [0.25, 0.3) is 5.91 Å². The highest BCUT2D eigenvalue weighted by Gasteiger charge is 2.37. The van der Waals surface area contributed by atoms with Gasteiger partial charge in [-0.15, -0.1) is 0 Å². The van der Waals surface area contributed by atoms with Gasteiger partial charge in [0, 0.05) is 12.6 Å². The molecule has 0 spiro atoms. The first kappa shape index (κ1) is 21.8. The summed E-state index contributed by atoms with van der Waals surface area (Å²) in [4.78, 5) is 53.7. The van der Waals surface area contributed by atoms with Crippen molar-refractivity contribution in [1.82, 2.24) is 10.2 Å². The van der Waals surface area contributed by atoms with Crippen molar-refractivity contribution in [2.75, 3.05) is 6.54 Å². The molecule has 8 heteroatoms. The summed E-state index contributed by atoms with van der Waals surface area (Å²) in [5, 5.41) is 11.8. The fraction of sp³-hybridized carbons (Fsp3) is 0.722. The summed E-state index contributed by atoms with van der Waals surface area (Å²) in [6.45, 7) is 8.96. The molecule has 2 N–H and O–H groups in total. The minimum absolute atomic E-state index is 0.0563. The van der Waals surface area contributed by atoms with Gasteiger partial charge in [0.05, 0.1) is 12.5 Å². The van der Waals surface area contributed by atoms with Crippen molar-refractivity contribution in [3.05, 3.63) is 0 Å². The number of aliphatic carboxylic acids is 1. The summed E-state index contributed by atoms with van der Waals surface area (Å²) in [7, 11) is 0. The number of nitrogens with zero attached hydrogens (tertiary/aromatic N) is 2. The Labute approximate surface area is 154 Å². The summed E-state index contributed by atoms with van der Waals surface area (Å²) in [6, 6.07) is -1.55. The van der Waals surface area contributed by atoms with Gasteiger partial charge in [-0.05, 0) is 39.5 Å². The number of aliphatic imine (C=N–C) groups is 1. The predicted octanol–water partition coefficient (Wildman–Crippen LogP) is 1.03. The van der Waals surface area contributed by atoms with E-state index in [4.69, 9.17) is 5.11 Å². The van der Waals surface area contributed by atoms with Crippen LogP contribution in [0.5, 0.6) is 0 Å². The highest BCUT2D eigenvalue weighted by atomic mass is 16.4. The molecule has 1 rings (SSSR count). The molecule has 2 amide bonds. The molecule has 8 nitrogen and oxygen atoms in total. The number of hydrogen-bond donors (Lipinski definition) is 2. The zero-order valence-corrected chi connectivity index (χ0v) is 16.1. The number of carbonyl (C=O) groups excluding carboxylic acids is 3. The lowest BCUT2D eigenvalue weighted by Crippen LogP contribution is -2.53. The van der Waals surface area contributed by atoms with E-state index < -0.39 is 30.4 Å². The monoisotopic (exact) mass is 367 g/mol. The maximum Gasteiger partial charge on any atom is 0.309 e. The van der Waals surface area contributed by atoms with Gasteiger partial charge in [-0.3, -0.25) is 24.2 Å². The molecule has 0 aromatic rings. The molecule has 146 valence electrons. The lowest BCUT2D eigenvalue weighted by molar-refractivity contribution is -0.137. The van der Waals surface area contributed by atoms with E-state index in [0.29, 0.717) is 19.4 Å². The Morgan fingerprint density at radius 2 is 1.81 bits per heavy atom. The quantitative estimate of drug-likeness (QED) is 0.622. The molecule has 1 aliphatic rings. The molecule has 1 saturated heterocycles. The zero-order chi connectivity index (χ0) is 20.0. The SMILES string of the molecule is CC(=O)[C@@H](NC(=O)[C@@H]1CCCN1C(=O)/C(CC(=O)O)=N\C(C)C)C(C)C.